The van der Waals surface area contributed by atoms with Gasteiger partial charge in [0.2, 0.25) is 0 Å². The summed E-state index contributed by atoms with van der Waals surface area (Å²) in [6, 6.07) is 13.4. The Balaban J connectivity index is 1.45. The van der Waals surface area contributed by atoms with E-state index >= 15 is 0 Å². The maximum atomic E-state index is 6.09. The van der Waals surface area contributed by atoms with Crippen LogP contribution < -0.4 is 0 Å². The number of nitrogens with zero attached hydrogens (tertiary/aromatic N) is 3. The molecular weight excluding hydrogens is 310 g/mol. The van der Waals surface area contributed by atoms with Crippen molar-refractivity contribution in [1.82, 2.24) is 14.8 Å². The largest absolute Gasteiger partial charge is 0.375 e. The van der Waals surface area contributed by atoms with Gasteiger partial charge >= 0.3 is 0 Å². The Morgan fingerprint density at radius 3 is 2.88 bits per heavy atom. The Kier molecular flexibility index (Phi) is 5.11. The van der Waals surface area contributed by atoms with Gasteiger partial charge in [0.1, 0.15) is 0 Å². The molecule has 0 unspecified atom stereocenters. The molecule has 1 aromatic heterocycles. The molecule has 2 aliphatic rings. The van der Waals surface area contributed by atoms with Crippen LogP contribution in [0.2, 0.25) is 0 Å². The van der Waals surface area contributed by atoms with Crippen molar-refractivity contribution in [2.45, 2.75) is 38.6 Å². The van der Waals surface area contributed by atoms with Crippen LogP contribution in [0.1, 0.15) is 23.1 Å². The molecule has 25 heavy (non-hydrogen) atoms. The minimum Gasteiger partial charge on any atom is -0.375 e. The predicted octanol–water partition coefficient (Wildman–Crippen LogP) is 2.87. The van der Waals surface area contributed by atoms with E-state index in [2.05, 4.69) is 52.0 Å². The summed E-state index contributed by atoms with van der Waals surface area (Å²) in [6.07, 6.45) is 5.33. The van der Waals surface area contributed by atoms with E-state index in [4.69, 9.17) is 4.74 Å². The summed E-state index contributed by atoms with van der Waals surface area (Å²) in [5.41, 5.74) is 4.12. The van der Waals surface area contributed by atoms with Crippen molar-refractivity contribution in [3.05, 3.63) is 65.5 Å². The number of aromatic nitrogens is 1. The summed E-state index contributed by atoms with van der Waals surface area (Å²) in [6.45, 7) is 8.27. The monoisotopic (exact) mass is 337 g/mol. The molecule has 3 heterocycles. The van der Waals surface area contributed by atoms with Crippen LogP contribution in [0.15, 0.2) is 48.8 Å². The third-order valence-corrected chi connectivity index (χ3v) is 5.55. The number of benzene rings is 1. The number of hydrogen-bond acceptors (Lipinski definition) is 4. The zero-order valence-electron chi connectivity index (χ0n) is 15.0. The van der Waals surface area contributed by atoms with Gasteiger partial charge in [-0.15, -0.1) is 0 Å². The molecule has 0 saturated carbocycles. The Bertz CT molecular complexity index is 691. The standard InChI is InChI=1S/C21H27N3O/c1-17-5-2-3-7-19(17)15-23-10-8-21-20(16-23)24(11-12-25-21)14-18-6-4-9-22-13-18/h2-7,9,13,20-21H,8,10-12,14-16H2,1H3/t20-,21-/m1/s1. The zero-order chi connectivity index (χ0) is 17.1. The minimum absolute atomic E-state index is 0.374. The van der Waals surface area contributed by atoms with Crippen LogP contribution in [0, 0.1) is 6.92 Å². The number of fused-ring (bicyclic) bond motifs is 1. The van der Waals surface area contributed by atoms with Gasteiger partial charge in [-0.25, -0.2) is 0 Å². The Hall–Kier alpha value is -1.75. The first-order valence-electron chi connectivity index (χ1n) is 9.31. The zero-order valence-corrected chi connectivity index (χ0v) is 15.0. The fourth-order valence-corrected chi connectivity index (χ4v) is 4.10. The number of rotatable bonds is 4. The molecule has 0 N–H and O–H groups in total. The van der Waals surface area contributed by atoms with E-state index < -0.39 is 0 Å². The molecule has 0 aliphatic carbocycles. The predicted molar refractivity (Wildman–Crippen MR) is 99.2 cm³/mol. The number of hydrogen-bond donors (Lipinski definition) is 0. The second-order valence-corrected chi connectivity index (χ2v) is 7.26. The molecule has 0 amide bonds. The van der Waals surface area contributed by atoms with E-state index in [-0.39, 0.29) is 0 Å². The van der Waals surface area contributed by atoms with Crippen molar-refractivity contribution in [2.75, 3.05) is 26.2 Å². The first kappa shape index (κ1) is 16.7. The van der Waals surface area contributed by atoms with Crippen LogP contribution in [0.4, 0.5) is 0 Å². The first-order chi connectivity index (χ1) is 12.3. The number of likely N-dealkylation sites (tertiary alicyclic amines) is 1. The number of piperidine rings is 1. The minimum atomic E-state index is 0.374. The Labute approximate surface area is 150 Å². The van der Waals surface area contributed by atoms with Gasteiger partial charge in [-0.3, -0.25) is 14.8 Å². The van der Waals surface area contributed by atoms with Crippen LogP contribution in [0.3, 0.4) is 0 Å². The number of aryl methyl sites for hydroxylation is 1. The highest BCUT2D eigenvalue weighted by Crippen LogP contribution is 2.26. The van der Waals surface area contributed by atoms with E-state index in [9.17, 15) is 0 Å². The lowest BCUT2D eigenvalue weighted by Gasteiger charge is -2.47. The summed E-state index contributed by atoms with van der Waals surface area (Å²) in [5.74, 6) is 0. The SMILES string of the molecule is Cc1ccccc1CN1CC[C@H]2OCCN(Cc3cccnc3)[C@@H]2C1. The van der Waals surface area contributed by atoms with Gasteiger partial charge in [-0.1, -0.05) is 30.3 Å². The van der Waals surface area contributed by atoms with E-state index in [1.54, 1.807) is 0 Å². The van der Waals surface area contributed by atoms with Gasteiger partial charge in [0.25, 0.3) is 0 Å². The molecule has 2 atom stereocenters. The molecule has 4 nitrogen and oxygen atoms in total. The first-order valence-corrected chi connectivity index (χ1v) is 9.31. The summed E-state index contributed by atoms with van der Waals surface area (Å²) < 4.78 is 6.09. The van der Waals surface area contributed by atoms with Crippen molar-refractivity contribution in [2.24, 2.45) is 0 Å². The van der Waals surface area contributed by atoms with E-state index in [0.29, 0.717) is 12.1 Å². The highest BCUT2D eigenvalue weighted by atomic mass is 16.5. The van der Waals surface area contributed by atoms with Crippen molar-refractivity contribution in [3.63, 3.8) is 0 Å². The maximum absolute atomic E-state index is 6.09. The molecule has 0 bridgehead atoms. The molecule has 1 aromatic carbocycles. The van der Waals surface area contributed by atoms with Crippen LogP contribution in [-0.4, -0.2) is 53.2 Å². The molecular formula is C21H27N3O. The second-order valence-electron chi connectivity index (χ2n) is 7.26. The molecule has 2 aliphatic heterocycles. The molecule has 132 valence electrons. The molecule has 2 fully saturated rings. The highest BCUT2D eigenvalue weighted by molar-refractivity contribution is 5.25. The van der Waals surface area contributed by atoms with Gasteiger partial charge < -0.3 is 4.74 Å². The topological polar surface area (TPSA) is 28.6 Å². The normalized spacial score (nSPS) is 24.8. The summed E-state index contributed by atoms with van der Waals surface area (Å²) >= 11 is 0. The van der Waals surface area contributed by atoms with Gasteiger partial charge in [-0.2, -0.15) is 0 Å². The molecule has 4 rings (SSSR count). The molecule has 0 radical (unpaired) electrons. The third-order valence-electron chi connectivity index (χ3n) is 5.55. The van der Waals surface area contributed by atoms with Crippen molar-refractivity contribution < 1.29 is 4.74 Å². The molecule has 0 spiro atoms. The third kappa shape index (κ3) is 3.92. The van der Waals surface area contributed by atoms with Crippen LogP contribution in [0.5, 0.6) is 0 Å². The maximum Gasteiger partial charge on any atom is 0.0755 e. The fourth-order valence-electron chi connectivity index (χ4n) is 4.10. The highest BCUT2D eigenvalue weighted by Gasteiger charge is 2.36. The van der Waals surface area contributed by atoms with E-state index in [0.717, 1.165) is 45.8 Å². The second kappa shape index (κ2) is 7.65. The lowest BCUT2D eigenvalue weighted by atomic mass is 9.97. The van der Waals surface area contributed by atoms with Crippen LogP contribution in [0.25, 0.3) is 0 Å². The smallest absolute Gasteiger partial charge is 0.0755 e. The van der Waals surface area contributed by atoms with Crippen molar-refractivity contribution in [1.29, 1.82) is 0 Å². The molecule has 4 heteroatoms. The van der Waals surface area contributed by atoms with Crippen LogP contribution >= 0.6 is 0 Å². The summed E-state index contributed by atoms with van der Waals surface area (Å²) in [4.78, 5) is 9.45. The Morgan fingerprint density at radius 2 is 2.04 bits per heavy atom. The quantitative estimate of drug-likeness (QED) is 0.858. The van der Waals surface area contributed by atoms with E-state index in [1.807, 2.05) is 18.5 Å². The van der Waals surface area contributed by atoms with Crippen LogP contribution in [-0.2, 0) is 17.8 Å². The Morgan fingerprint density at radius 1 is 1.12 bits per heavy atom. The van der Waals surface area contributed by atoms with Crippen molar-refractivity contribution >= 4 is 0 Å². The van der Waals surface area contributed by atoms with Gasteiger partial charge in [0.15, 0.2) is 0 Å². The van der Waals surface area contributed by atoms with Crippen molar-refractivity contribution in [3.8, 4) is 0 Å². The number of morpholine rings is 1. The number of ether oxygens (including phenoxy) is 1. The average molecular weight is 337 g/mol. The molecule has 2 saturated heterocycles. The van der Waals surface area contributed by atoms with Gasteiger partial charge in [0, 0.05) is 51.2 Å². The lowest BCUT2D eigenvalue weighted by Crippen LogP contribution is -2.59. The summed E-state index contributed by atoms with van der Waals surface area (Å²) in [7, 11) is 0. The fraction of sp³-hybridized carbons (Fsp3) is 0.476. The average Bonchev–Trinajstić information content (AvgIpc) is 2.65. The number of pyridine rings is 1. The summed E-state index contributed by atoms with van der Waals surface area (Å²) in [5, 5.41) is 0. The van der Waals surface area contributed by atoms with Gasteiger partial charge in [0.05, 0.1) is 12.7 Å². The molecule has 2 aromatic rings. The van der Waals surface area contributed by atoms with E-state index in [1.165, 1.54) is 16.7 Å². The lowest BCUT2D eigenvalue weighted by molar-refractivity contribution is -0.107. The van der Waals surface area contributed by atoms with Gasteiger partial charge in [-0.05, 0) is 36.1 Å².